The summed E-state index contributed by atoms with van der Waals surface area (Å²) in [5.41, 5.74) is 0.299. The molecular weight excluding hydrogens is 234 g/mol. The zero-order chi connectivity index (χ0) is 9.78. The van der Waals surface area contributed by atoms with Crippen molar-refractivity contribution < 1.29 is 4.52 Å². The number of rotatable bonds is 5. The van der Waals surface area contributed by atoms with Crippen molar-refractivity contribution >= 4 is 41.3 Å². The Morgan fingerprint density at radius 3 is 2.17 bits per heavy atom. The fraction of sp³-hybridized carbons (Fsp3) is 1.00. The van der Waals surface area contributed by atoms with Gasteiger partial charge in [-0.3, -0.25) is 0 Å². The smallest absolute Gasteiger partial charge is 0.158 e. The summed E-state index contributed by atoms with van der Waals surface area (Å²) in [6.45, 7) is 6.63. The zero-order valence-corrected chi connectivity index (χ0v) is 10.8. The van der Waals surface area contributed by atoms with E-state index < -0.39 is 10.8 Å². The number of hydrogen-bond acceptors (Lipinski definition) is 2. The highest BCUT2D eigenvalue weighted by Gasteiger charge is 2.30. The molecule has 0 aromatic carbocycles. The van der Waals surface area contributed by atoms with Gasteiger partial charge in [-0.1, -0.05) is 48.9 Å². The van der Waals surface area contributed by atoms with E-state index in [9.17, 15) is 0 Å². The van der Waals surface area contributed by atoms with E-state index in [1.54, 1.807) is 0 Å². The molecule has 0 heterocycles. The highest BCUT2D eigenvalue weighted by atomic mass is 35.5. The molecule has 0 aromatic heterocycles. The van der Waals surface area contributed by atoms with Crippen molar-refractivity contribution in [3.05, 3.63) is 0 Å². The molecule has 12 heavy (non-hydrogen) atoms. The van der Waals surface area contributed by atoms with Crippen LogP contribution in [0.25, 0.3) is 0 Å². The van der Waals surface area contributed by atoms with Crippen molar-refractivity contribution in [2.24, 2.45) is 0 Å². The van der Waals surface area contributed by atoms with E-state index in [4.69, 9.17) is 39.5 Å². The Bertz CT molecular complexity index is 175. The van der Waals surface area contributed by atoms with Crippen LogP contribution in [0.4, 0.5) is 0 Å². The molecule has 0 aliphatic carbocycles. The minimum absolute atomic E-state index is 0.299. The Balaban J connectivity index is 4.50. The third-order valence-electron chi connectivity index (χ3n) is 1.81. The Labute approximate surface area is 89.9 Å². The average molecular weight is 249 g/mol. The largest absolute Gasteiger partial charge is 0.348 e. The molecule has 1 nitrogen and oxygen atoms in total. The molecule has 0 aliphatic heterocycles. The fourth-order valence-electron chi connectivity index (χ4n) is 0.832. The van der Waals surface area contributed by atoms with Crippen LogP contribution in [0.5, 0.6) is 0 Å². The Kier molecular flexibility index (Phi) is 6.40. The van der Waals surface area contributed by atoms with E-state index in [1.165, 1.54) is 0 Å². The minimum Gasteiger partial charge on any atom is -0.348 e. The van der Waals surface area contributed by atoms with Crippen LogP contribution in [0.2, 0.25) is 0 Å². The number of alkyl halides is 2. The lowest BCUT2D eigenvalue weighted by atomic mass is 10.4. The summed E-state index contributed by atoms with van der Waals surface area (Å²) < 4.78 is 4.97. The molecule has 0 radical (unpaired) electrons. The maximum Gasteiger partial charge on any atom is 0.158 e. The van der Waals surface area contributed by atoms with Crippen LogP contribution in [-0.4, -0.2) is 16.8 Å². The second-order valence-electron chi connectivity index (χ2n) is 2.60. The van der Waals surface area contributed by atoms with Gasteiger partial charge in [-0.05, 0) is 13.3 Å². The third kappa shape index (κ3) is 3.16. The van der Waals surface area contributed by atoms with Crippen LogP contribution in [0.15, 0.2) is 0 Å². The molecule has 74 valence electrons. The van der Waals surface area contributed by atoms with Gasteiger partial charge in [0, 0.05) is 12.3 Å². The van der Waals surface area contributed by atoms with Crippen molar-refractivity contribution in [1.29, 1.82) is 0 Å². The van der Waals surface area contributed by atoms with Crippen molar-refractivity contribution in [3.8, 4) is 0 Å². The van der Waals surface area contributed by atoms with Gasteiger partial charge in [-0.15, -0.1) is 0 Å². The molecule has 0 unspecified atom stereocenters. The first-order chi connectivity index (χ1) is 5.49. The predicted molar refractivity (Wildman–Crippen MR) is 61.2 cm³/mol. The molecule has 0 bridgehead atoms. The van der Waals surface area contributed by atoms with Gasteiger partial charge in [-0.2, -0.15) is 0 Å². The highest BCUT2D eigenvalue weighted by molar-refractivity contribution is 8.14. The molecule has 0 aromatic rings. The maximum absolute atomic E-state index is 5.82. The van der Waals surface area contributed by atoms with Gasteiger partial charge >= 0.3 is 0 Å². The lowest BCUT2D eigenvalue weighted by Gasteiger charge is -2.28. The summed E-state index contributed by atoms with van der Waals surface area (Å²) in [6, 6.07) is 0. The van der Waals surface area contributed by atoms with Gasteiger partial charge in [0.2, 0.25) is 0 Å². The third-order valence-corrected chi connectivity index (χ3v) is 9.07. The standard InChI is InChI=1S/C7H15Cl2OPS/c1-4-6(3)11(12,7(8)9)10-5-2/h6-7H,4-5H2,1-3H3/t6-,11+/m1/s1. The normalized spacial score (nSPS) is 19.2. The first-order valence-corrected chi connectivity index (χ1v) is 7.74. The molecule has 0 saturated heterocycles. The van der Waals surface area contributed by atoms with Crippen LogP contribution in [0.1, 0.15) is 27.2 Å². The van der Waals surface area contributed by atoms with Crippen LogP contribution in [0, 0.1) is 0 Å². The molecule has 0 amide bonds. The van der Waals surface area contributed by atoms with Crippen molar-refractivity contribution in [2.75, 3.05) is 6.61 Å². The second kappa shape index (κ2) is 5.82. The maximum atomic E-state index is 5.82. The van der Waals surface area contributed by atoms with Crippen LogP contribution in [-0.2, 0) is 16.3 Å². The molecule has 0 spiro atoms. The Hall–Kier alpha value is 1.19. The first kappa shape index (κ1) is 13.2. The van der Waals surface area contributed by atoms with E-state index in [0.717, 1.165) is 6.42 Å². The van der Waals surface area contributed by atoms with Gasteiger partial charge in [-0.25, -0.2) is 0 Å². The van der Waals surface area contributed by atoms with Crippen LogP contribution in [0.3, 0.4) is 0 Å². The highest BCUT2D eigenvalue weighted by Crippen LogP contribution is 2.60. The Morgan fingerprint density at radius 2 is 1.92 bits per heavy atom. The predicted octanol–water partition coefficient (Wildman–Crippen LogP) is 3.98. The molecule has 5 heteroatoms. The molecule has 0 rings (SSSR count). The van der Waals surface area contributed by atoms with Gasteiger partial charge in [0.1, 0.15) is 6.26 Å². The van der Waals surface area contributed by atoms with Gasteiger partial charge in [0.05, 0.1) is 0 Å². The fourth-order valence-corrected chi connectivity index (χ4v) is 4.75. The topological polar surface area (TPSA) is 9.23 Å². The summed E-state index contributed by atoms with van der Waals surface area (Å²) in [5.74, 6) is 0. The lowest BCUT2D eigenvalue weighted by Crippen LogP contribution is -2.10. The molecule has 0 fully saturated rings. The zero-order valence-electron chi connectivity index (χ0n) is 7.59. The van der Waals surface area contributed by atoms with E-state index in [-0.39, 0.29) is 0 Å². The summed E-state index contributed by atoms with van der Waals surface area (Å²) in [5, 5.41) is 0. The molecule has 0 saturated carbocycles. The van der Waals surface area contributed by atoms with Crippen LogP contribution >= 0.6 is 29.5 Å². The lowest BCUT2D eigenvalue weighted by molar-refractivity contribution is 0.371. The summed E-state index contributed by atoms with van der Waals surface area (Å²) in [6.07, 6.45) is -1.05. The molecular formula is C7H15Cl2OPS. The van der Waals surface area contributed by atoms with Gasteiger partial charge < -0.3 is 4.52 Å². The number of hydrogen-bond donors (Lipinski definition) is 0. The van der Waals surface area contributed by atoms with Crippen molar-refractivity contribution in [1.82, 2.24) is 0 Å². The summed E-state index contributed by atoms with van der Waals surface area (Å²) in [7, 11) is 0. The van der Waals surface area contributed by atoms with Gasteiger partial charge in [0.25, 0.3) is 0 Å². The van der Waals surface area contributed by atoms with E-state index in [1.807, 2.05) is 13.8 Å². The van der Waals surface area contributed by atoms with E-state index in [2.05, 4.69) is 6.92 Å². The molecule has 0 N–H and O–H groups in total. The first-order valence-electron chi connectivity index (χ1n) is 4.01. The monoisotopic (exact) mass is 248 g/mol. The average Bonchev–Trinajstić information content (AvgIpc) is 2.03. The second-order valence-corrected chi connectivity index (χ2v) is 8.96. The SMILES string of the molecule is CCO[P@@](=S)(C(Cl)Cl)[C@H](C)CC. The minimum atomic E-state index is -2.02. The van der Waals surface area contributed by atoms with E-state index >= 15 is 0 Å². The molecule has 2 atom stereocenters. The molecule has 0 aliphatic rings. The van der Waals surface area contributed by atoms with Crippen molar-refractivity contribution in [2.45, 2.75) is 37.4 Å². The van der Waals surface area contributed by atoms with E-state index in [0.29, 0.717) is 12.3 Å². The van der Waals surface area contributed by atoms with Crippen LogP contribution < -0.4 is 0 Å². The van der Waals surface area contributed by atoms with Gasteiger partial charge in [0.15, 0.2) is 4.58 Å². The number of halogens is 2. The summed E-state index contributed by atoms with van der Waals surface area (Å²) in [4.78, 5) is 0. The van der Waals surface area contributed by atoms with Crippen molar-refractivity contribution in [3.63, 3.8) is 0 Å². The Morgan fingerprint density at radius 1 is 1.42 bits per heavy atom. The summed E-state index contributed by atoms with van der Waals surface area (Å²) >= 11 is 17.0. The quantitative estimate of drug-likeness (QED) is 0.538.